The van der Waals surface area contributed by atoms with Gasteiger partial charge in [-0.25, -0.2) is 0 Å². The average molecular weight is 251 g/mol. The largest absolute Gasteiger partial charge is 0.494 e. The van der Waals surface area contributed by atoms with Crippen LogP contribution in [0.2, 0.25) is 0 Å². The smallest absolute Gasteiger partial charge is 0.127 e. The molecule has 0 saturated carbocycles. The monoisotopic (exact) mass is 251 g/mol. The zero-order valence-corrected chi connectivity index (χ0v) is 10.8. The summed E-state index contributed by atoms with van der Waals surface area (Å²) in [6, 6.07) is 15.2. The van der Waals surface area contributed by atoms with Crippen LogP contribution in [0.15, 0.2) is 48.5 Å². The van der Waals surface area contributed by atoms with Crippen molar-refractivity contribution < 1.29 is 9.47 Å². The number of rotatable bonds is 5. The standard InChI is InChI=1S/C17H15O2/c1-3-6-14-7-5-8-17(13-14)19-16-11-9-15(10-12-16)18-4-2/h1,5-13H,4H2,2H3. The normalized spacial score (nSPS) is 9.68. The molecule has 2 heteroatoms. The summed E-state index contributed by atoms with van der Waals surface area (Å²) >= 11 is 0. The molecule has 0 N–H and O–H groups in total. The van der Waals surface area contributed by atoms with E-state index in [1.807, 2.05) is 55.5 Å². The van der Waals surface area contributed by atoms with Gasteiger partial charge in [-0.2, -0.15) is 0 Å². The van der Waals surface area contributed by atoms with Crippen molar-refractivity contribution in [2.75, 3.05) is 6.61 Å². The van der Waals surface area contributed by atoms with Gasteiger partial charge in [-0.1, -0.05) is 18.1 Å². The van der Waals surface area contributed by atoms with Crippen molar-refractivity contribution in [3.8, 4) is 29.6 Å². The van der Waals surface area contributed by atoms with Crippen LogP contribution in [0.3, 0.4) is 0 Å². The number of benzene rings is 2. The SMILES string of the molecule is C#C[CH]c1cccc(Oc2ccc(OCC)cc2)c1. The molecule has 0 fully saturated rings. The first-order valence-electron chi connectivity index (χ1n) is 6.12. The predicted octanol–water partition coefficient (Wildman–Crippen LogP) is 4.06. The van der Waals surface area contributed by atoms with Gasteiger partial charge in [-0.15, -0.1) is 6.42 Å². The lowest BCUT2D eigenvalue weighted by Gasteiger charge is -2.08. The molecular weight excluding hydrogens is 236 g/mol. The molecule has 0 bridgehead atoms. The summed E-state index contributed by atoms with van der Waals surface area (Å²) < 4.78 is 11.1. The molecule has 2 aromatic rings. The van der Waals surface area contributed by atoms with Gasteiger partial charge in [0.25, 0.3) is 0 Å². The number of hydrogen-bond acceptors (Lipinski definition) is 2. The van der Waals surface area contributed by atoms with E-state index in [-0.39, 0.29) is 0 Å². The van der Waals surface area contributed by atoms with Crippen molar-refractivity contribution in [1.82, 2.24) is 0 Å². The summed E-state index contributed by atoms with van der Waals surface area (Å²) in [6.45, 7) is 2.61. The Morgan fingerprint density at radius 1 is 1.05 bits per heavy atom. The maximum absolute atomic E-state index is 5.75. The first-order valence-corrected chi connectivity index (χ1v) is 6.12. The molecule has 0 aliphatic rings. The summed E-state index contributed by atoms with van der Waals surface area (Å²) in [5, 5.41) is 0. The van der Waals surface area contributed by atoms with Crippen LogP contribution in [0, 0.1) is 18.8 Å². The first kappa shape index (κ1) is 13.0. The van der Waals surface area contributed by atoms with Crippen molar-refractivity contribution in [3.63, 3.8) is 0 Å². The Balaban J connectivity index is 2.08. The van der Waals surface area contributed by atoms with Gasteiger partial charge in [0, 0.05) is 0 Å². The van der Waals surface area contributed by atoms with Crippen LogP contribution in [0.5, 0.6) is 17.2 Å². The molecule has 0 spiro atoms. The van der Waals surface area contributed by atoms with Gasteiger partial charge in [0.15, 0.2) is 0 Å². The lowest BCUT2D eigenvalue weighted by molar-refractivity contribution is 0.339. The molecule has 0 heterocycles. The van der Waals surface area contributed by atoms with Crippen LogP contribution in [0.25, 0.3) is 0 Å². The fraction of sp³-hybridized carbons (Fsp3) is 0.118. The Morgan fingerprint density at radius 3 is 2.47 bits per heavy atom. The minimum absolute atomic E-state index is 0.657. The van der Waals surface area contributed by atoms with Crippen molar-refractivity contribution in [2.45, 2.75) is 6.92 Å². The van der Waals surface area contributed by atoms with E-state index in [0.29, 0.717) is 6.61 Å². The highest BCUT2D eigenvalue weighted by molar-refractivity contribution is 5.40. The summed E-state index contributed by atoms with van der Waals surface area (Å²) in [6.07, 6.45) is 6.95. The van der Waals surface area contributed by atoms with Crippen molar-refractivity contribution in [1.29, 1.82) is 0 Å². The molecule has 0 aromatic heterocycles. The quantitative estimate of drug-likeness (QED) is 0.746. The molecule has 0 amide bonds. The molecule has 0 aliphatic heterocycles. The van der Waals surface area contributed by atoms with Crippen molar-refractivity contribution in [2.24, 2.45) is 0 Å². The highest BCUT2D eigenvalue weighted by Crippen LogP contribution is 2.24. The number of ether oxygens (including phenoxy) is 2. The molecule has 2 rings (SSSR count). The second kappa shape index (κ2) is 6.51. The van der Waals surface area contributed by atoms with Gasteiger partial charge < -0.3 is 9.47 Å². The van der Waals surface area contributed by atoms with Crippen molar-refractivity contribution >= 4 is 0 Å². The highest BCUT2D eigenvalue weighted by Gasteiger charge is 1.99. The lowest BCUT2D eigenvalue weighted by atomic mass is 10.1. The summed E-state index contributed by atoms with van der Waals surface area (Å²) in [7, 11) is 0. The predicted molar refractivity (Wildman–Crippen MR) is 76.4 cm³/mol. The molecule has 0 saturated heterocycles. The van der Waals surface area contributed by atoms with E-state index in [0.717, 1.165) is 22.8 Å². The molecular formula is C17H15O2. The Hall–Kier alpha value is -2.40. The molecule has 0 aliphatic carbocycles. The van der Waals surface area contributed by atoms with E-state index in [2.05, 4.69) is 5.92 Å². The minimum atomic E-state index is 0.657. The molecule has 1 radical (unpaired) electrons. The van der Waals surface area contributed by atoms with Crippen LogP contribution >= 0.6 is 0 Å². The van der Waals surface area contributed by atoms with Gasteiger partial charge in [0.2, 0.25) is 0 Å². The average Bonchev–Trinajstić information content (AvgIpc) is 2.42. The van der Waals surface area contributed by atoms with Crippen LogP contribution in [0.1, 0.15) is 12.5 Å². The zero-order valence-electron chi connectivity index (χ0n) is 10.8. The Morgan fingerprint density at radius 2 is 1.79 bits per heavy atom. The van der Waals surface area contributed by atoms with Gasteiger partial charge >= 0.3 is 0 Å². The molecule has 0 unspecified atom stereocenters. The van der Waals surface area contributed by atoms with Gasteiger partial charge in [0.1, 0.15) is 17.2 Å². The Labute approximate surface area is 114 Å². The summed E-state index contributed by atoms with van der Waals surface area (Å²) in [5.74, 6) is 4.86. The van der Waals surface area contributed by atoms with Gasteiger partial charge in [-0.05, 0) is 48.9 Å². The van der Waals surface area contributed by atoms with Crippen LogP contribution in [0.4, 0.5) is 0 Å². The third kappa shape index (κ3) is 3.79. The van der Waals surface area contributed by atoms with Gasteiger partial charge in [0.05, 0.1) is 13.0 Å². The molecule has 19 heavy (non-hydrogen) atoms. The van der Waals surface area contributed by atoms with E-state index in [9.17, 15) is 0 Å². The molecule has 2 nitrogen and oxygen atoms in total. The highest BCUT2D eigenvalue weighted by atomic mass is 16.5. The summed E-state index contributed by atoms with van der Waals surface area (Å²) in [4.78, 5) is 0. The fourth-order valence-corrected chi connectivity index (χ4v) is 1.67. The molecule has 2 aromatic carbocycles. The fourth-order valence-electron chi connectivity index (χ4n) is 1.67. The molecule has 0 atom stereocenters. The van der Waals surface area contributed by atoms with Crippen LogP contribution < -0.4 is 9.47 Å². The van der Waals surface area contributed by atoms with E-state index in [1.165, 1.54) is 0 Å². The third-order valence-electron chi connectivity index (χ3n) is 2.48. The van der Waals surface area contributed by atoms with E-state index in [1.54, 1.807) is 6.42 Å². The van der Waals surface area contributed by atoms with E-state index < -0.39 is 0 Å². The maximum Gasteiger partial charge on any atom is 0.127 e. The minimum Gasteiger partial charge on any atom is -0.494 e. The van der Waals surface area contributed by atoms with E-state index in [4.69, 9.17) is 15.9 Å². The molecule has 95 valence electrons. The first-order chi connectivity index (χ1) is 9.31. The van der Waals surface area contributed by atoms with Crippen LogP contribution in [-0.2, 0) is 0 Å². The van der Waals surface area contributed by atoms with Crippen molar-refractivity contribution in [3.05, 3.63) is 60.5 Å². The second-order valence-corrected chi connectivity index (χ2v) is 3.89. The number of terminal acetylenes is 1. The number of hydrogen-bond donors (Lipinski definition) is 0. The lowest BCUT2D eigenvalue weighted by Crippen LogP contribution is -1.91. The maximum atomic E-state index is 5.75. The zero-order chi connectivity index (χ0) is 13.5. The van der Waals surface area contributed by atoms with Gasteiger partial charge in [-0.3, -0.25) is 0 Å². The Bertz CT molecular complexity index is 565. The Kier molecular flexibility index (Phi) is 4.47. The summed E-state index contributed by atoms with van der Waals surface area (Å²) in [5.41, 5.74) is 0.950. The van der Waals surface area contributed by atoms with E-state index >= 15 is 0 Å². The topological polar surface area (TPSA) is 18.5 Å². The third-order valence-corrected chi connectivity index (χ3v) is 2.48. The van der Waals surface area contributed by atoms with Crippen LogP contribution in [-0.4, -0.2) is 6.61 Å². The second-order valence-electron chi connectivity index (χ2n) is 3.89.